The molecule has 0 bridgehead atoms. The summed E-state index contributed by atoms with van der Waals surface area (Å²) < 4.78 is 5.33. The van der Waals surface area contributed by atoms with Crippen molar-refractivity contribution in [2.45, 2.75) is 13.8 Å². The molecule has 2 aromatic rings. The Morgan fingerprint density at radius 1 is 0.950 bits per heavy atom. The molecule has 0 heterocycles. The summed E-state index contributed by atoms with van der Waals surface area (Å²) in [7, 11) is 1.56. The van der Waals surface area contributed by atoms with Crippen LogP contribution in [0.25, 0.3) is 11.1 Å². The minimum atomic E-state index is -0.0909. The van der Waals surface area contributed by atoms with Gasteiger partial charge >= 0.3 is 0 Å². The fourth-order valence-electron chi connectivity index (χ4n) is 2.38. The molecule has 0 atom stereocenters. The summed E-state index contributed by atoms with van der Waals surface area (Å²) in [5, 5.41) is 20.9. The smallest absolute Gasteiger partial charge is 0.126 e. The number of phenols is 2. The van der Waals surface area contributed by atoms with E-state index in [-0.39, 0.29) is 16.5 Å². The quantitative estimate of drug-likeness (QED) is 0.845. The monoisotopic (exact) mass is 312 g/mol. The van der Waals surface area contributed by atoms with Gasteiger partial charge in [0.15, 0.2) is 0 Å². The fraction of sp³-hybridized carbons (Fsp3) is 0.200. The largest absolute Gasteiger partial charge is 0.507 e. The molecular weight excluding hydrogens is 299 g/mol. The van der Waals surface area contributed by atoms with E-state index in [1.807, 2.05) is 6.92 Å². The van der Waals surface area contributed by atoms with Crippen LogP contribution in [0.2, 0.25) is 10.0 Å². The second-order valence-corrected chi connectivity index (χ2v) is 5.37. The molecule has 0 aliphatic carbocycles. The molecule has 2 rings (SSSR count). The molecule has 0 saturated heterocycles. The number of aromatic hydroxyl groups is 2. The second-order valence-electron chi connectivity index (χ2n) is 4.53. The molecule has 106 valence electrons. The number of aryl methyl sites for hydroxylation is 1. The second kappa shape index (κ2) is 5.43. The molecule has 2 aromatic carbocycles. The Labute approximate surface area is 127 Å². The maximum absolute atomic E-state index is 10.2. The number of hydrogen-bond donors (Lipinski definition) is 2. The van der Waals surface area contributed by atoms with E-state index in [0.717, 1.165) is 5.56 Å². The summed E-state index contributed by atoms with van der Waals surface area (Å²) >= 11 is 12.0. The van der Waals surface area contributed by atoms with Gasteiger partial charge in [-0.2, -0.15) is 0 Å². The molecule has 0 aromatic heterocycles. The van der Waals surface area contributed by atoms with Crippen LogP contribution in [0.1, 0.15) is 11.1 Å². The summed E-state index contributed by atoms with van der Waals surface area (Å²) in [6.45, 7) is 3.63. The third-order valence-electron chi connectivity index (χ3n) is 3.17. The highest BCUT2D eigenvalue weighted by molar-refractivity contribution is 6.37. The Hall–Kier alpha value is -1.58. The zero-order valence-corrected chi connectivity index (χ0v) is 12.8. The zero-order chi connectivity index (χ0) is 15.0. The molecule has 2 N–H and O–H groups in total. The van der Waals surface area contributed by atoms with Gasteiger partial charge in [-0.15, -0.1) is 0 Å². The van der Waals surface area contributed by atoms with Crippen LogP contribution in [0.4, 0.5) is 0 Å². The van der Waals surface area contributed by atoms with Gasteiger partial charge in [-0.3, -0.25) is 0 Å². The van der Waals surface area contributed by atoms with Crippen LogP contribution in [0.3, 0.4) is 0 Å². The van der Waals surface area contributed by atoms with E-state index in [1.165, 1.54) is 12.1 Å². The Balaban J connectivity index is 2.83. The molecule has 20 heavy (non-hydrogen) atoms. The molecule has 0 fully saturated rings. The summed E-state index contributed by atoms with van der Waals surface area (Å²) in [5.74, 6) is 0.579. The molecule has 5 heteroatoms. The number of benzene rings is 2. The molecule has 0 amide bonds. The lowest BCUT2D eigenvalue weighted by Crippen LogP contribution is -1.95. The standard InChI is InChI=1S/C15H14Cl2O3/c1-7-4-11(18)13(8(2)15(7)20-3)14-10(17)5-9(16)6-12(14)19/h4-6,18-19H,1-3H3. The van der Waals surface area contributed by atoms with Crippen molar-refractivity contribution in [1.29, 1.82) is 0 Å². The topological polar surface area (TPSA) is 49.7 Å². The first-order valence-electron chi connectivity index (χ1n) is 5.92. The molecule has 0 aliphatic rings. The first-order valence-corrected chi connectivity index (χ1v) is 6.68. The van der Waals surface area contributed by atoms with Crippen LogP contribution in [0.15, 0.2) is 18.2 Å². The zero-order valence-electron chi connectivity index (χ0n) is 11.3. The minimum Gasteiger partial charge on any atom is -0.507 e. The summed E-state index contributed by atoms with van der Waals surface area (Å²) in [5.41, 5.74) is 2.27. The summed E-state index contributed by atoms with van der Waals surface area (Å²) in [6, 6.07) is 4.48. The molecule has 0 saturated carbocycles. The van der Waals surface area contributed by atoms with Crippen LogP contribution in [-0.4, -0.2) is 17.3 Å². The molecule has 0 radical (unpaired) electrons. The maximum Gasteiger partial charge on any atom is 0.126 e. The average Bonchev–Trinajstić information content (AvgIpc) is 2.32. The Kier molecular flexibility index (Phi) is 4.02. The average molecular weight is 313 g/mol. The Morgan fingerprint density at radius 2 is 1.55 bits per heavy atom. The van der Waals surface area contributed by atoms with Gasteiger partial charge in [0.05, 0.1) is 12.1 Å². The van der Waals surface area contributed by atoms with E-state index >= 15 is 0 Å². The Bertz CT molecular complexity index is 658. The molecule has 3 nitrogen and oxygen atoms in total. The van der Waals surface area contributed by atoms with E-state index in [2.05, 4.69) is 0 Å². The van der Waals surface area contributed by atoms with Gasteiger partial charge in [0, 0.05) is 21.7 Å². The number of hydrogen-bond acceptors (Lipinski definition) is 3. The predicted molar refractivity (Wildman–Crippen MR) is 81.3 cm³/mol. The van der Waals surface area contributed by atoms with Gasteiger partial charge in [-0.05, 0) is 37.6 Å². The lowest BCUT2D eigenvalue weighted by Gasteiger charge is -2.17. The van der Waals surface area contributed by atoms with Gasteiger partial charge in [0.1, 0.15) is 17.2 Å². The van der Waals surface area contributed by atoms with Crippen molar-refractivity contribution < 1.29 is 14.9 Å². The molecule has 0 aliphatic heterocycles. The van der Waals surface area contributed by atoms with E-state index in [9.17, 15) is 10.2 Å². The number of phenolic OH excluding ortho intramolecular Hbond substituents is 2. The van der Waals surface area contributed by atoms with Gasteiger partial charge in [-0.25, -0.2) is 0 Å². The summed E-state index contributed by atoms with van der Waals surface area (Å²) in [4.78, 5) is 0. The van der Waals surface area contributed by atoms with Gasteiger partial charge in [0.2, 0.25) is 0 Å². The van der Waals surface area contributed by atoms with Crippen LogP contribution in [-0.2, 0) is 0 Å². The first kappa shape index (κ1) is 14.8. The SMILES string of the molecule is COc1c(C)cc(O)c(-c2c(O)cc(Cl)cc2Cl)c1C. The van der Waals surface area contributed by atoms with E-state index in [1.54, 1.807) is 20.1 Å². The van der Waals surface area contributed by atoms with Crippen LogP contribution >= 0.6 is 23.2 Å². The van der Waals surface area contributed by atoms with Crippen molar-refractivity contribution in [2.75, 3.05) is 7.11 Å². The summed E-state index contributed by atoms with van der Waals surface area (Å²) in [6.07, 6.45) is 0. The predicted octanol–water partition coefficient (Wildman–Crippen LogP) is 4.70. The van der Waals surface area contributed by atoms with Gasteiger partial charge in [-0.1, -0.05) is 23.2 Å². The van der Waals surface area contributed by atoms with E-state index < -0.39 is 0 Å². The van der Waals surface area contributed by atoms with E-state index in [4.69, 9.17) is 27.9 Å². The molecule has 0 unspecified atom stereocenters. The number of methoxy groups -OCH3 is 1. The first-order chi connectivity index (χ1) is 9.36. The molecule has 0 spiro atoms. The van der Waals surface area contributed by atoms with Crippen LogP contribution in [0, 0.1) is 13.8 Å². The fourth-order valence-corrected chi connectivity index (χ4v) is 2.96. The highest BCUT2D eigenvalue weighted by Gasteiger charge is 2.20. The highest BCUT2D eigenvalue weighted by atomic mass is 35.5. The van der Waals surface area contributed by atoms with Crippen LogP contribution < -0.4 is 4.74 Å². The number of rotatable bonds is 2. The Morgan fingerprint density at radius 3 is 2.10 bits per heavy atom. The molecular formula is C15H14Cl2O3. The van der Waals surface area contributed by atoms with Crippen molar-refractivity contribution in [3.05, 3.63) is 39.4 Å². The normalized spacial score (nSPS) is 10.7. The third-order valence-corrected chi connectivity index (χ3v) is 3.69. The van der Waals surface area contributed by atoms with Crippen molar-refractivity contribution in [1.82, 2.24) is 0 Å². The lowest BCUT2D eigenvalue weighted by atomic mass is 9.95. The highest BCUT2D eigenvalue weighted by Crippen LogP contribution is 2.46. The van der Waals surface area contributed by atoms with Crippen molar-refractivity contribution in [3.8, 4) is 28.4 Å². The number of halogens is 2. The van der Waals surface area contributed by atoms with Crippen molar-refractivity contribution >= 4 is 23.2 Å². The van der Waals surface area contributed by atoms with Gasteiger partial charge < -0.3 is 14.9 Å². The van der Waals surface area contributed by atoms with Crippen molar-refractivity contribution in [2.24, 2.45) is 0 Å². The third kappa shape index (κ3) is 2.39. The van der Waals surface area contributed by atoms with Gasteiger partial charge in [0.25, 0.3) is 0 Å². The lowest BCUT2D eigenvalue weighted by molar-refractivity contribution is 0.406. The van der Waals surface area contributed by atoms with E-state index in [0.29, 0.717) is 27.5 Å². The minimum absolute atomic E-state index is 0.0281. The van der Waals surface area contributed by atoms with Crippen molar-refractivity contribution in [3.63, 3.8) is 0 Å². The van der Waals surface area contributed by atoms with Crippen LogP contribution in [0.5, 0.6) is 17.2 Å². The maximum atomic E-state index is 10.2. The number of ether oxygens (including phenoxy) is 1.